The molecular weight excluding hydrogens is 396 g/mol. The van der Waals surface area contributed by atoms with Gasteiger partial charge < -0.3 is 11.1 Å². The maximum atomic E-state index is 12.2. The van der Waals surface area contributed by atoms with E-state index in [1.807, 2.05) is 18.3 Å². The lowest BCUT2D eigenvalue weighted by Crippen LogP contribution is -2.39. The summed E-state index contributed by atoms with van der Waals surface area (Å²) in [6.45, 7) is 3.69. The van der Waals surface area contributed by atoms with Gasteiger partial charge in [-0.25, -0.2) is 4.63 Å². The lowest BCUT2D eigenvalue weighted by molar-refractivity contribution is -0.117. The number of pyridine rings is 1. The number of hydrogen-bond acceptors (Lipinski definition) is 7. The number of benzene rings is 1. The number of hydrogen-bond donors (Lipinski definition) is 2. The minimum Gasteiger partial charge on any atom is -0.366 e. The van der Waals surface area contributed by atoms with Crippen molar-refractivity contribution < 1.29 is 14.2 Å². The zero-order valence-corrected chi connectivity index (χ0v) is 17.2. The maximum Gasteiger partial charge on any atom is 0.248 e. The van der Waals surface area contributed by atoms with Crippen LogP contribution in [0.4, 0.5) is 5.82 Å². The van der Waals surface area contributed by atoms with Crippen LogP contribution in [0.2, 0.25) is 0 Å². The molecule has 1 fully saturated rings. The van der Waals surface area contributed by atoms with Crippen molar-refractivity contribution in [2.24, 2.45) is 5.73 Å². The highest BCUT2D eigenvalue weighted by Gasteiger charge is 2.23. The molecule has 0 aliphatic carbocycles. The predicted molar refractivity (Wildman–Crippen MR) is 114 cm³/mol. The third-order valence-corrected chi connectivity index (χ3v) is 5.57. The van der Waals surface area contributed by atoms with E-state index in [0.29, 0.717) is 29.5 Å². The van der Waals surface area contributed by atoms with Crippen molar-refractivity contribution in [1.82, 2.24) is 20.2 Å². The average molecular weight is 420 g/mol. The number of anilines is 1. The predicted octanol–water partition coefficient (Wildman–Crippen LogP) is 2.36. The van der Waals surface area contributed by atoms with E-state index in [1.165, 1.54) is 0 Å². The number of carbonyl (C=O) groups excluding carboxylic acids is 2. The van der Waals surface area contributed by atoms with E-state index in [0.717, 1.165) is 42.8 Å². The average Bonchev–Trinajstić information content (AvgIpc) is 3.18. The second-order valence-electron chi connectivity index (χ2n) is 7.71. The Hall–Kier alpha value is -3.59. The van der Waals surface area contributed by atoms with Gasteiger partial charge in [-0.1, -0.05) is 23.4 Å². The summed E-state index contributed by atoms with van der Waals surface area (Å²) in [5.41, 5.74) is 9.38. The van der Waals surface area contributed by atoms with Gasteiger partial charge in [0.2, 0.25) is 11.8 Å². The van der Waals surface area contributed by atoms with Gasteiger partial charge in [-0.05, 0) is 61.8 Å². The van der Waals surface area contributed by atoms with Crippen molar-refractivity contribution in [3.05, 3.63) is 59.5 Å². The zero-order valence-electron chi connectivity index (χ0n) is 17.2. The number of aromatic nitrogens is 3. The molecule has 0 bridgehead atoms. The van der Waals surface area contributed by atoms with E-state index >= 15 is 0 Å². The van der Waals surface area contributed by atoms with Gasteiger partial charge in [0.05, 0.1) is 6.54 Å². The third-order valence-electron chi connectivity index (χ3n) is 5.57. The van der Waals surface area contributed by atoms with Crippen LogP contribution < -0.4 is 11.1 Å². The molecule has 9 heteroatoms. The fourth-order valence-electron chi connectivity index (χ4n) is 3.75. The molecule has 0 spiro atoms. The second kappa shape index (κ2) is 9.05. The summed E-state index contributed by atoms with van der Waals surface area (Å²) in [6.07, 6.45) is 3.75. The summed E-state index contributed by atoms with van der Waals surface area (Å²) >= 11 is 0. The van der Waals surface area contributed by atoms with Crippen molar-refractivity contribution in [1.29, 1.82) is 0 Å². The number of likely N-dealkylation sites (tertiary alicyclic amines) is 1. The lowest BCUT2D eigenvalue weighted by atomic mass is 9.92. The minimum atomic E-state index is -0.436. The summed E-state index contributed by atoms with van der Waals surface area (Å²) in [5, 5.41) is 10.1. The zero-order chi connectivity index (χ0) is 21.8. The van der Waals surface area contributed by atoms with Crippen LogP contribution in [-0.2, 0) is 4.79 Å². The Morgan fingerprint density at radius 2 is 1.81 bits per heavy atom. The number of amides is 2. The quantitative estimate of drug-likeness (QED) is 0.626. The fourth-order valence-corrected chi connectivity index (χ4v) is 3.75. The third kappa shape index (κ3) is 4.95. The molecule has 0 unspecified atom stereocenters. The first-order valence-electron chi connectivity index (χ1n) is 10.2. The molecule has 3 aromatic rings. The Morgan fingerprint density at radius 1 is 1.10 bits per heavy atom. The van der Waals surface area contributed by atoms with Crippen LogP contribution in [0.1, 0.15) is 40.5 Å². The SMILES string of the molecule is Cc1nonc1NC(=O)CN1CCC(c2ccc(-c3ccc(C(N)=O)cc3)cn2)CC1. The van der Waals surface area contributed by atoms with Crippen molar-refractivity contribution >= 4 is 17.6 Å². The van der Waals surface area contributed by atoms with E-state index in [2.05, 4.69) is 42.3 Å². The number of piperidine rings is 1. The molecule has 160 valence electrons. The number of primary amides is 1. The smallest absolute Gasteiger partial charge is 0.248 e. The molecule has 0 radical (unpaired) electrons. The Bertz CT molecular complexity index is 1050. The molecule has 0 saturated carbocycles. The summed E-state index contributed by atoms with van der Waals surface area (Å²) in [7, 11) is 0. The number of nitrogens with two attached hydrogens (primary N) is 1. The lowest BCUT2D eigenvalue weighted by Gasteiger charge is -2.31. The van der Waals surface area contributed by atoms with Crippen molar-refractivity contribution in [2.75, 3.05) is 25.0 Å². The minimum absolute atomic E-state index is 0.123. The van der Waals surface area contributed by atoms with Gasteiger partial charge in [0.25, 0.3) is 0 Å². The van der Waals surface area contributed by atoms with Crippen molar-refractivity contribution in [3.8, 4) is 11.1 Å². The van der Waals surface area contributed by atoms with E-state index < -0.39 is 5.91 Å². The summed E-state index contributed by atoms with van der Waals surface area (Å²) < 4.78 is 4.60. The fraction of sp³-hybridized carbons (Fsp3) is 0.318. The van der Waals surface area contributed by atoms with Crippen molar-refractivity contribution in [2.45, 2.75) is 25.7 Å². The van der Waals surface area contributed by atoms with E-state index in [9.17, 15) is 9.59 Å². The van der Waals surface area contributed by atoms with Crippen LogP contribution in [0.15, 0.2) is 47.2 Å². The molecule has 1 aromatic carbocycles. The van der Waals surface area contributed by atoms with E-state index in [-0.39, 0.29) is 5.91 Å². The topological polar surface area (TPSA) is 127 Å². The van der Waals surface area contributed by atoms with Gasteiger partial charge >= 0.3 is 0 Å². The Morgan fingerprint density at radius 3 is 2.39 bits per heavy atom. The maximum absolute atomic E-state index is 12.2. The molecule has 2 aromatic heterocycles. The molecule has 2 amide bonds. The highest BCUT2D eigenvalue weighted by Crippen LogP contribution is 2.28. The molecule has 3 heterocycles. The molecule has 1 aliphatic rings. The molecule has 1 aliphatic heterocycles. The number of carbonyl (C=O) groups is 2. The van der Waals surface area contributed by atoms with E-state index in [1.54, 1.807) is 19.1 Å². The van der Waals surface area contributed by atoms with Gasteiger partial charge in [0, 0.05) is 28.9 Å². The van der Waals surface area contributed by atoms with E-state index in [4.69, 9.17) is 5.73 Å². The van der Waals surface area contributed by atoms with Crippen molar-refractivity contribution in [3.63, 3.8) is 0 Å². The monoisotopic (exact) mass is 420 g/mol. The first-order chi connectivity index (χ1) is 15.0. The molecule has 4 rings (SSSR count). The number of rotatable bonds is 6. The van der Waals surface area contributed by atoms with Gasteiger partial charge in [-0.15, -0.1) is 0 Å². The van der Waals surface area contributed by atoms with Crippen LogP contribution in [0, 0.1) is 6.92 Å². The Balaban J connectivity index is 1.30. The van der Waals surface area contributed by atoms with Gasteiger partial charge in [0.15, 0.2) is 5.82 Å². The number of nitrogens with one attached hydrogen (secondary N) is 1. The van der Waals surface area contributed by atoms with Crippen LogP contribution >= 0.6 is 0 Å². The molecule has 3 N–H and O–H groups in total. The Kier molecular flexibility index (Phi) is 6.03. The van der Waals surface area contributed by atoms with Gasteiger partial charge in [0.1, 0.15) is 5.69 Å². The van der Waals surface area contributed by atoms with Gasteiger partial charge in [-0.3, -0.25) is 19.5 Å². The molecular formula is C22H24N6O3. The Labute approximate surface area is 179 Å². The normalized spacial score (nSPS) is 15.0. The van der Waals surface area contributed by atoms with Crippen LogP contribution in [-0.4, -0.2) is 51.6 Å². The van der Waals surface area contributed by atoms with Crippen LogP contribution in [0.5, 0.6) is 0 Å². The second-order valence-corrected chi connectivity index (χ2v) is 7.71. The summed E-state index contributed by atoms with van der Waals surface area (Å²) in [5.74, 6) is 0.178. The number of nitrogens with zero attached hydrogens (tertiary/aromatic N) is 4. The molecule has 31 heavy (non-hydrogen) atoms. The standard InChI is InChI=1S/C22H24N6O3/c1-14-22(27-31-26-14)25-20(29)13-28-10-8-16(9-11-28)19-7-6-18(12-24-19)15-2-4-17(5-3-15)21(23)30/h2-7,12,16H,8-11,13H2,1H3,(H2,23,30)(H,25,27,29). The highest BCUT2D eigenvalue weighted by atomic mass is 16.6. The van der Waals surface area contributed by atoms with Crippen LogP contribution in [0.3, 0.4) is 0 Å². The first-order valence-corrected chi connectivity index (χ1v) is 10.2. The first kappa shape index (κ1) is 20.7. The van der Waals surface area contributed by atoms with Crippen LogP contribution in [0.25, 0.3) is 11.1 Å². The highest BCUT2D eigenvalue weighted by molar-refractivity contribution is 5.93. The molecule has 1 saturated heterocycles. The van der Waals surface area contributed by atoms with Gasteiger partial charge in [-0.2, -0.15) is 0 Å². The molecule has 9 nitrogen and oxygen atoms in total. The molecule has 0 atom stereocenters. The largest absolute Gasteiger partial charge is 0.366 e. The summed E-state index contributed by atoms with van der Waals surface area (Å²) in [6, 6.07) is 11.3. The number of aryl methyl sites for hydroxylation is 1. The summed E-state index contributed by atoms with van der Waals surface area (Å²) in [4.78, 5) is 30.2.